The van der Waals surface area contributed by atoms with Crippen molar-refractivity contribution >= 4 is 0 Å². The van der Waals surface area contributed by atoms with Crippen molar-refractivity contribution in [1.82, 2.24) is 5.32 Å². The van der Waals surface area contributed by atoms with Crippen molar-refractivity contribution in [2.75, 3.05) is 6.54 Å². The van der Waals surface area contributed by atoms with Crippen molar-refractivity contribution in [2.24, 2.45) is 0 Å². The fourth-order valence-electron chi connectivity index (χ4n) is 2.09. The first-order valence-corrected chi connectivity index (χ1v) is 6.37. The zero-order chi connectivity index (χ0) is 13.8. The number of hydrogen-bond donors (Lipinski definition) is 1. The van der Waals surface area contributed by atoms with Crippen LogP contribution in [0.1, 0.15) is 18.1 Å². The van der Waals surface area contributed by atoms with Gasteiger partial charge in [0.1, 0.15) is 0 Å². The van der Waals surface area contributed by atoms with Crippen molar-refractivity contribution in [3.63, 3.8) is 0 Å². The SMILES string of the molecule is CCNCc1ccc(-c2ccc(F)c(F)c2)c(C)c1. The number of rotatable bonds is 4. The third-order valence-corrected chi connectivity index (χ3v) is 3.10. The Kier molecular flexibility index (Phi) is 4.27. The summed E-state index contributed by atoms with van der Waals surface area (Å²) in [5, 5.41) is 3.26. The maximum atomic E-state index is 13.3. The Labute approximate surface area is 112 Å². The smallest absolute Gasteiger partial charge is 0.159 e. The third kappa shape index (κ3) is 3.18. The summed E-state index contributed by atoms with van der Waals surface area (Å²) in [6.45, 7) is 5.77. The molecule has 0 aromatic heterocycles. The second-order valence-corrected chi connectivity index (χ2v) is 4.56. The highest BCUT2D eigenvalue weighted by atomic mass is 19.2. The molecule has 0 saturated heterocycles. The van der Waals surface area contributed by atoms with Crippen LogP contribution in [0.2, 0.25) is 0 Å². The summed E-state index contributed by atoms with van der Waals surface area (Å²) in [5.74, 6) is -1.63. The minimum Gasteiger partial charge on any atom is -0.313 e. The van der Waals surface area contributed by atoms with Gasteiger partial charge in [0, 0.05) is 6.54 Å². The minimum atomic E-state index is -0.815. The van der Waals surface area contributed by atoms with Crippen LogP contribution in [0.25, 0.3) is 11.1 Å². The van der Waals surface area contributed by atoms with Crippen molar-refractivity contribution in [3.8, 4) is 11.1 Å². The largest absolute Gasteiger partial charge is 0.313 e. The first-order chi connectivity index (χ1) is 9.11. The van der Waals surface area contributed by atoms with Gasteiger partial charge in [-0.15, -0.1) is 0 Å². The molecule has 0 aliphatic heterocycles. The maximum Gasteiger partial charge on any atom is 0.159 e. The van der Waals surface area contributed by atoms with E-state index in [0.717, 1.165) is 30.3 Å². The van der Waals surface area contributed by atoms with Crippen LogP contribution in [0.15, 0.2) is 36.4 Å². The van der Waals surface area contributed by atoms with Gasteiger partial charge in [0.05, 0.1) is 0 Å². The van der Waals surface area contributed by atoms with Crippen LogP contribution in [0.4, 0.5) is 8.78 Å². The summed E-state index contributed by atoms with van der Waals surface area (Å²) >= 11 is 0. The number of aryl methyl sites for hydroxylation is 1. The van der Waals surface area contributed by atoms with Gasteiger partial charge in [-0.1, -0.05) is 31.2 Å². The molecule has 0 spiro atoms. The molecule has 1 nitrogen and oxygen atoms in total. The molecule has 1 N–H and O–H groups in total. The number of hydrogen-bond acceptors (Lipinski definition) is 1. The second kappa shape index (κ2) is 5.93. The molecule has 0 unspecified atom stereocenters. The molecule has 19 heavy (non-hydrogen) atoms. The van der Waals surface area contributed by atoms with Crippen LogP contribution in [0, 0.1) is 18.6 Å². The van der Waals surface area contributed by atoms with E-state index in [0.29, 0.717) is 5.56 Å². The quantitative estimate of drug-likeness (QED) is 0.875. The van der Waals surface area contributed by atoms with Crippen molar-refractivity contribution in [2.45, 2.75) is 20.4 Å². The monoisotopic (exact) mass is 261 g/mol. The number of benzene rings is 2. The van der Waals surface area contributed by atoms with E-state index in [1.165, 1.54) is 11.6 Å². The average Bonchev–Trinajstić information content (AvgIpc) is 2.40. The summed E-state index contributed by atoms with van der Waals surface area (Å²) in [6.07, 6.45) is 0. The van der Waals surface area contributed by atoms with E-state index < -0.39 is 11.6 Å². The van der Waals surface area contributed by atoms with Gasteiger partial charge in [-0.3, -0.25) is 0 Å². The van der Waals surface area contributed by atoms with E-state index >= 15 is 0 Å². The predicted octanol–water partition coefficient (Wildman–Crippen LogP) is 4.05. The van der Waals surface area contributed by atoms with Gasteiger partial charge >= 0.3 is 0 Å². The Bertz CT molecular complexity index is 579. The molecule has 0 saturated carbocycles. The summed E-state index contributed by atoms with van der Waals surface area (Å²) in [5.41, 5.74) is 3.87. The van der Waals surface area contributed by atoms with E-state index in [2.05, 4.69) is 18.3 Å². The number of nitrogens with one attached hydrogen (secondary N) is 1. The molecule has 0 heterocycles. The Morgan fingerprint density at radius 2 is 1.79 bits per heavy atom. The van der Waals surface area contributed by atoms with Crippen molar-refractivity contribution < 1.29 is 8.78 Å². The van der Waals surface area contributed by atoms with Gasteiger partial charge in [-0.05, 0) is 47.9 Å². The summed E-state index contributed by atoms with van der Waals surface area (Å²) in [4.78, 5) is 0. The summed E-state index contributed by atoms with van der Waals surface area (Å²) in [6, 6.07) is 10.0. The highest BCUT2D eigenvalue weighted by molar-refractivity contribution is 5.67. The van der Waals surface area contributed by atoms with Gasteiger partial charge in [0.25, 0.3) is 0 Å². The number of halogens is 2. The predicted molar refractivity (Wildman–Crippen MR) is 73.9 cm³/mol. The summed E-state index contributed by atoms with van der Waals surface area (Å²) in [7, 11) is 0. The Morgan fingerprint density at radius 1 is 1.00 bits per heavy atom. The lowest BCUT2D eigenvalue weighted by Gasteiger charge is -2.09. The van der Waals surface area contributed by atoms with Gasteiger partial charge in [-0.2, -0.15) is 0 Å². The third-order valence-electron chi connectivity index (χ3n) is 3.10. The normalized spacial score (nSPS) is 10.7. The molecule has 3 heteroatoms. The van der Waals surface area contributed by atoms with Crippen molar-refractivity contribution in [3.05, 3.63) is 59.2 Å². The van der Waals surface area contributed by atoms with Gasteiger partial charge in [-0.25, -0.2) is 8.78 Å². The second-order valence-electron chi connectivity index (χ2n) is 4.56. The molecular weight excluding hydrogens is 244 g/mol. The van der Waals surface area contributed by atoms with Crippen molar-refractivity contribution in [1.29, 1.82) is 0 Å². The van der Waals surface area contributed by atoms with Gasteiger partial charge in [0.2, 0.25) is 0 Å². The lowest BCUT2D eigenvalue weighted by atomic mass is 9.98. The first kappa shape index (κ1) is 13.7. The Hall–Kier alpha value is -1.74. The van der Waals surface area contributed by atoms with Crippen LogP contribution >= 0.6 is 0 Å². The molecule has 2 aromatic carbocycles. The van der Waals surface area contributed by atoms with Crippen LogP contribution < -0.4 is 5.32 Å². The molecule has 100 valence electrons. The first-order valence-electron chi connectivity index (χ1n) is 6.37. The molecule has 2 aromatic rings. The van der Waals surface area contributed by atoms with E-state index in [1.807, 2.05) is 19.1 Å². The van der Waals surface area contributed by atoms with Gasteiger partial charge in [0.15, 0.2) is 11.6 Å². The van der Waals surface area contributed by atoms with Gasteiger partial charge < -0.3 is 5.32 Å². The van der Waals surface area contributed by atoms with Crippen LogP contribution in [0.5, 0.6) is 0 Å². The lowest BCUT2D eigenvalue weighted by Crippen LogP contribution is -2.11. The molecular formula is C16H17F2N. The van der Waals surface area contributed by atoms with E-state index in [4.69, 9.17) is 0 Å². The Balaban J connectivity index is 2.32. The molecule has 0 bridgehead atoms. The topological polar surface area (TPSA) is 12.0 Å². The molecule has 0 amide bonds. The van der Waals surface area contributed by atoms with Crippen LogP contribution in [-0.2, 0) is 6.54 Å². The van der Waals surface area contributed by atoms with Crippen LogP contribution in [0.3, 0.4) is 0 Å². The molecule has 0 radical (unpaired) electrons. The highest BCUT2D eigenvalue weighted by Crippen LogP contribution is 2.25. The molecule has 0 atom stereocenters. The van der Waals surface area contributed by atoms with E-state index in [1.54, 1.807) is 6.07 Å². The lowest BCUT2D eigenvalue weighted by molar-refractivity contribution is 0.509. The van der Waals surface area contributed by atoms with Crippen LogP contribution in [-0.4, -0.2) is 6.54 Å². The van der Waals surface area contributed by atoms with E-state index in [9.17, 15) is 8.78 Å². The highest BCUT2D eigenvalue weighted by Gasteiger charge is 2.07. The maximum absolute atomic E-state index is 13.3. The molecule has 0 aliphatic carbocycles. The molecule has 0 aliphatic rings. The zero-order valence-electron chi connectivity index (χ0n) is 11.1. The van der Waals surface area contributed by atoms with E-state index in [-0.39, 0.29) is 0 Å². The minimum absolute atomic E-state index is 0.700. The fraction of sp³-hybridized carbons (Fsp3) is 0.250. The zero-order valence-corrected chi connectivity index (χ0v) is 11.1. The Morgan fingerprint density at radius 3 is 2.42 bits per heavy atom. The molecule has 0 fully saturated rings. The molecule has 2 rings (SSSR count). The summed E-state index contributed by atoms with van der Waals surface area (Å²) < 4.78 is 26.2. The standard InChI is InChI=1S/C16H17F2N/c1-3-19-10-12-4-6-14(11(2)8-12)13-5-7-15(17)16(18)9-13/h4-9,19H,3,10H2,1-2H3. The fourth-order valence-corrected chi connectivity index (χ4v) is 2.09. The average molecular weight is 261 g/mol.